The molecule has 3 aromatic carbocycles. The Bertz CT molecular complexity index is 1220. The van der Waals surface area contributed by atoms with Crippen molar-refractivity contribution in [2.24, 2.45) is 0 Å². The van der Waals surface area contributed by atoms with E-state index < -0.39 is 16.8 Å². The van der Waals surface area contributed by atoms with Crippen molar-refractivity contribution in [2.75, 3.05) is 0 Å². The normalized spacial score (nSPS) is 11.9. The molecular formula is C23H17N2O5-. The zero-order chi connectivity index (χ0) is 21.1. The van der Waals surface area contributed by atoms with Crippen molar-refractivity contribution in [2.45, 2.75) is 12.3 Å². The number of hydrogen-bond donors (Lipinski definition) is 1. The summed E-state index contributed by atoms with van der Waals surface area (Å²) in [6.07, 6.45) is 1.41. The number of carbonyl (C=O) groups excluding carboxylic acids is 1. The van der Waals surface area contributed by atoms with E-state index in [1.807, 2.05) is 36.4 Å². The van der Waals surface area contributed by atoms with Gasteiger partial charge in [-0.25, -0.2) is 0 Å². The van der Waals surface area contributed by atoms with E-state index in [2.05, 4.69) is 4.98 Å². The second kappa shape index (κ2) is 8.08. The molecule has 1 N–H and O–H groups in total. The van der Waals surface area contributed by atoms with E-state index in [0.717, 1.165) is 0 Å². The van der Waals surface area contributed by atoms with Gasteiger partial charge in [0.2, 0.25) is 0 Å². The molecule has 4 rings (SSSR count). The number of H-pyrrole nitrogens is 1. The molecule has 7 nitrogen and oxygen atoms in total. The molecule has 0 fully saturated rings. The molecule has 0 amide bonds. The summed E-state index contributed by atoms with van der Waals surface area (Å²) in [5.74, 6) is -0.555. The summed E-state index contributed by atoms with van der Waals surface area (Å²) < 4.78 is 5.87. The number of hydrogen-bond acceptors (Lipinski definition) is 5. The van der Waals surface area contributed by atoms with Crippen LogP contribution >= 0.6 is 0 Å². The van der Waals surface area contributed by atoms with Gasteiger partial charge in [-0.3, -0.25) is 10.1 Å². The number of aromatic nitrogens is 1. The second-order valence-corrected chi connectivity index (χ2v) is 6.85. The number of carboxylic acid groups (broad SMARTS) is 1. The van der Waals surface area contributed by atoms with Crippen LogP contribution in [0.15, 0.2) is 79.0 Å². The van der Waals surface area contributed by atoms with E-state index in [-0.39, 0.29) is 12.1 Å². The van der Waals surface area contributed by atoms with Gasteiger partial charge in [0, 0.05) is 41.1 Å². The zero-order valence-electron chi connectivity index (χ0n) is 15.8. The molecule has 0 saturated heterocycles. The van der Waals surface area contributed by atoms with Gasteiger partial charge in [-0.05, 0) is 47.9 Å². The molecule has 4 aromatic rings. The Morgan fingerprint density at radius 1 is 1.00 bits per heavy atom. The topological polar surface area (TPSA) is 108 Å². The predicted molar refractivity (Wildman–Crippen MR) is 109 cm³/mol. The highest BCUT2D eigenvalue weighted by Gasteiger charge is 2.21. The van der Waals surface area contributed by atoms with Gasteiger partial charge < -0.3 is 19.6 Å². The molecule has 0 saturated carbocycles. The Labute approximate surface area is 171 Å². The number of aromatic amines is 1. The predicted octanol–water partition coefficient (Wildman–Crippen LogP) is 4.14. The number of fused-ring (bicyclic) bond motifs is 1. The Kier molecular flexibility index (Phi) is 5.17. The number of aliphatic carboxylic acids is 1. The molecule has 0 unspecified atom stereocenters. The van der Waals surface area contributed by atoms with Crippen LogP contribution in [-0.4, -0.2) is 15.9 Å². The number of nitro groups is 1. The first-order valence-electron chi connectivity index (χ1n) is 9.29. The summed E-state index contributed by atoms with van der Waals surface area (Å²) in [7, 11) is 0. The molecule has 1 atom stereocenters. The maximum atomic E-state index is 11.5. The summed E-state index contributed by atoms with van der Waals surface area (Å²) in [5, 5.41) is 23.3. The van der Waals surface area contributed by atoms with Crippen molar-refractivity contribution < 1.29 is 19.6 Å². The maximum absolute atomic E-state index is 11.5. The highest BCUT2D eigenvalue weighted by molar-refractivity contribution is 5.87. The minimum absolute atomic E-state index is 0.0586. The monoisotopic (exact) mass is 401 g/mol. The number of ether oxygens (including phenoxy) is 1. The number of carboxylic acids is 1. The Balaban J connectivity index is 1.76. The van der Waals surface area contributed by atoms with Crippen LogP contribution in [0.4, 0.5) is 5.69 Å². The van der Waals surface area contributed by atoms with E-state index >= 15 is 0 Å². The van der Waals surface area contributed by atoms with Crippen LogP contribution in [0.2, 0.25) is 0 Å². The number of para-hydroxylation sites is 1. The minimum atomic E-state index is -1.21. The Morgan fingerprint density at radius 3 is 2.50 bits per heavy atom. The minimum Gasteiger partial charge on any atom is -0.550 e. The third kappa shape index (κ3) is 4.00. The van der Waals surface area contributed by atoms with Crippen LogP contribution < -0.4 is 9.84 Å². The molecule has 30 heavy (non-hydrogen) atoms. The summed E-state index contributed by atoms with van der Waals surface area (Å²) in [6.45, 7) is 0. The molecule has 0 bridgehead atoms. The number of carbonyl (C=O) groups is 1. The van der Waals surface area contributed by atoms with E-state index in [9.17, 15) is 20.0 Å². The molecule has 0 aliphatic heterocycles. The smallest absolute Gasteiger partial charge is 0.270 e. The largest absolute Gasteiger partial charge is 0.550 e. The van der Waals surface area contributed by atoms with Crippen LogP contribution in [-0.2, 0) is 4.79 Å². The molecule has 0 spiro atoms. The van der Waals surface area contributed by atoms with Crippen LogP contribution in [0.5, 0.6) is 11.5 Å². The van der Waals surface area contributed by atoms with Crippen molar-refractivity contribution in [3.63, 3.8) is 0 Å². The first kappa shape index (κ1) is 19.2. The summed E-state index contributed by atoms with van der Waals surface area (Å²) in [6, 6.07) is 20.9. The third-order valence-corrected chi connectivity index (χ3v) is 4.89. The fraction of sp³-hybridized carbons (Fsp3) is 0.0870. The molecule has 1 heterocycles. The molecule has 0 radical (unpaired) electrons. The fourth-order valence-corrected chi connectivity index (χ4v) is 3.53. The average Bonchev–Trinajstić information content (AvgIpc) is 3.16. The van der Waals surface area contributed by atoms with Gasteiger partial charge in [0.25, 0.3) is 5.69 Å². The van der Waals surface area contributed by atoms with Crippen LogP contribution in [0.3, 0.4) is 0 Å². The van der Waals surface area contributed by atoms with E-state index in [4.69, 9.17) is 4.74 Å². The number of nitrogens with one attached hydrogen (secondary N) is 1. The summed E-state index contributed by atoms with van der Waals surface area (Å²) in [4.78, 5) is 25.3. The molecule has 150 valence electrons. The maximum Gasteiger partial charge on any atom is 0.270 e. The SMILES string of the molecule is O=C([O-])C[C@H](c1cccc(Oc2ccccc2)c1)c1c[nH]c2ccc([N+](=O)[O-])cc12. The van der Waals surface area contributed by atoms with E-state index in [1.165, 1.54) is 12.1 Å². The average molecular weight is 401 g/mol. The van der Waals surface area contributed by atoms with E-state index in [1.54, 1.807) is 30.5 Å². The van der Waals surface area contributed by atoms with Crippen LogP contribution in [0.1, 0.15) is 23.5 Å². The first-order valence-corrected chi connectivity index (χ1v) is 9.29. The number of rotatable bonds is 7. The van der Waals surface area contributed by atoms with Gasteiger partial charge in [0.15, 0.2) is 0 Å². The molecule has 1 aromatic heterocycles. The zero-order valence-corrected chi connectivity index (χ0v) is 15.8. The lowest BCUT2D eigenvalue weighted by Gasteiger charge is -2.19. The standard InChI is InChI=1S/C23H18N2O5/c26-23(27)13-19(21-14-24-22-10-9-16(25(28)29)12-20(21)22)15-5-4-8-18(11-15)30-17-6-2-1-3-7-17/h1-12,14,19,24H,13H2,(H,26,27)/p-1/t19-/m1/s1. The Hall–Kier alpha value is -4.13. The van der Waals surface area contributed by atoms with Crippen molar-refractivity contribution in [1.29, 1.82) is 0 Å². The third-order valence-electron chi connectivity index (χ3n) is 4.89. The van der Waals surface area contributed by atoms with Gasteiger partial charge in [-0.2, -0.15) is 0 Å². The quantitative estimate of drug-likeness (QED) is 0.370. The van der Waals surface area contributed by atoms with Crippen LogP contribution in [0.25, 0.3) is 10.9 Å². The van der Waals surface area contributed by atoms with Gasteiger partial charge in [-0.1, -0.05) is 30.3 Å². The lowest BCUT2D eigenvalue weighted by Crippen LogP contribution is -2.24. The lowest BCUT2D eigenvalue weighted by atomic mass is 9.88. The number of nitrogens with zero attached hydrogens (tertiary/aromatic N) is 1. The summed E-state index contributed by atoms with van der Waals surface area (Å²) >= 11 is 0. The number of non-ortho nitro benzene ring substituents is 1. The van der Waals surface area contributed by atoms with Crippen molar-refractivity contribution in [3.8, 4) is 11.5 Å². The van der Waals surface area contributed by atoms with E-state index in [0.29, 0.717) is 33.5 Å². The van der Waals surface area contributed by atoms with Gasteiger partial charge in [0.05, 0.1) is 4.92 Å². The van der Waals surface area contributed by atoms with Crippen molar-refractivity contribution in [1.82, 2.24) is 4.98 Å². The molecule has 0 aliphatic carbocycles. The van der Waals surface area contributed by atoms with Gasteiger partial charge in [-0.15, -0.1) is 0 Å². The fourth-order valence-electron chi connectivity index (χ4n) is 3.53. The lowest BCUT2D eigenvalue weighted by molar-refractivity contribution is -0.384. The molecule has 0 aliphatic rings. The van der Waals surface area contributed by atoms with Gasteiger partial charge >= 0.3 is 0 Å². The van der Waals surface area contributed by atoms with Crippen molar-refractivity contribution >= 4 is 22.6 Å². The van der Waals surface area contributed by atoms with Gasteiger partial charge in [0.1, 0.15) is 11.5 Å². The molecular weight excluding hydrogens is 384 g/mol. The number of nitro benzene ring substituents is 1. The highest BCUT2D eigenvalue weighted by Crippen LogP contribution is 2.36. The van der Waals surface area contributed by atoms with Crippen LogP contribution in [0, 0.1) is 10.1 Å². The highest BCUT2D eigenvalue weighted by atomic mass is 16.6. The van der Waals surface area contributed by atoms with Crippen molar-refractivity contribution in [3.05, 3.63) is 100 Å². The Morgan fingerprint density at radius 2 is 1.77 bits per heavy atom. The molecule has 7 heteroatoms. The summed E-state index contributed by atoms with van der Waals surface area (Å²) in [5.41, 5.74) is 1.99. The second-order valence-electron chi connectivity index (χ2n) is 6.85. The number of benzene rings is 3. The first-order chi connectivity index (χ1) is 14.5.